The van der Waals surface area contributed by atoms with Crippen LogP contribution in [0.15, 0.2) is 131 Å². The normalized spacial score (nSPS) is 38.8. The van der Waals surface area contributed by atoms with E-state index in [0.29, 0.717) is 56.9 Å². The number of hydrogen-bond donors (Lipinski definition) is 16. The molecule has 0 aromatic rings. The molecule has 23 nitrogen and oxygen atoms in total. The van der Waals surface area contributed by atoms with Gasteiger partial charge in [0.2, 0.25) is 5.78 Å². The van der Waals surface area contributed by atoms with Crippen LogP contribution in [0.4, 0.5) is 0 Å². The number of aliphatic hydroxyl groups excluding tert-OH is 15. The van der Waals surface area contributed by atoms with Gasteiger partial charge >= 0.3 is 5.97 Å². The van der Waals surface area contributed by atoms with E-state index in [0.717, 1.165) is 30.7 Å². The van der Waals surface area contributed by atoms with Gasteiger partial charge in [0.15, 0.2) is 17.3 Å². The molecule has 3 rings (SSSR count). The zero-order chi connectivity index (χ0) is 80.1. The molecule has 0 aromatic carbocycles. The maximum atomic E-state index is 14.0. The number of carbonyl (C=O) groups is 4. The number of thioether (sulfide) groups is 1. The van der Waals surface area contributed by atoms with Crippen LogP contribution >= 0.6 is 11.8 Å². The van der Waals surface area contributed by atoms with Crippen molar-refractivity contribution in [3.05, 3.63) is 131 Å². The lowest BCUT2D eigenvalue weighted by molar-refractivity contribution is -0.302. The van der Waals surface area contributed by atoms with Crippen molar-refractivity contribution in [2.45, 2.75) is 306 Å². The highest BCUT2D eigenvalue weighted by Crippen LogP contribution is 2.40. The number of allylic oxidation sites excluding steroid dienone is 14. The van der Waals surface area contributed by atoms with Crippen LogP contribution in [0.3, 0.4) is 0 Å². The lowest BCUT2D eigenvalue weighted by Gasteiger charge is -2.46. The van der Waals surface area contributed by atoms with Gasteiger partial charge in [-0.3, -0.25) is 19.2 Å². The molecular formula is C83H132O23S. The molecule has 2 heterocycles. The third kappa shape index (κ3) is 37.3. The van der Waals surface area contributed by atoms with Gasteiger partial charge in [0.25, 0.3) is 0 Å². The average Bonchev–Trinajstić information content (AvgIpc) is 0.797. The maximum absolute atomic E-state index is 14.0. The Morgan fingerprint density at radius 3 is 1.88 bits per heavy atom. The van der Waals surface area contributed by atoms with Gasteiger partial charge in [0, 0.05) is 74.5 Å². The monoisotopic (exact) mass is 1530 g/mol. The number of hydrogen-bond acceptors (Lipinski definition) is 24. The van der Waals surface area contributed by atoms with Crippen LogP contribution in [0.25, 0.3) is 0 Å². The number of esters is 1. The number of aliphatic hydroxyl groups is 16. The summed E-state index contributed by atoms with van der Waals surface area (Å²) in [6.07, 6.45) is 17.2. The third-order valence-corrected chi connectivity index (χ3v) is 21.6. The van der Waals surface area contributed by atoms with Crippen molar-refractivity contribution in [1.29, 1.82) is 0 Å². The zero-order valence-electron chi connectivity index (χ0n) is 64.7. The molecule has 1 fully saturated rings. The topological polar surface area (TPSA) is 420 Å². The second-order valence-electron chi connectivity index (χ2n) is 30.6. The fraction of sp³-hybridized carbons (Fsp3) is 0.687. The summed E-state index contributed by atoms with van der Waals surface area (Å²) in [7, 11) is 1.42. The summed E-state index contributed by atoms with van der Waals surface area (Å²) >= 11 is 1.10. The molecule has 24 heteroatoms. The van der Waals surface area contributed by atoms with Gasteiger partial charge in [-0.1, -0.05) is 165 Å². The fourth-order valence-corrected chi connectivity index (χ4v) is 14.4. The van der Waals surface area contributed by atoms with Gasteiger partial charge in [-0.2, -0.15) is 0 Å². The van der Waals surface area contributed by atoms with E-state index in [-0.39, 0.29) is 105 Å². The molecule has 608 valence electrons. The summed E-state index contributed by atoms with van der Waals surface area (Å²) in [4.78, 5) is 52.4. The predicted molar refractivity (Wildman–Crippen MR) is 413 cm³/mol. The van der Waals surface area contributed by atoms with Crippen molar-refractivity contribution in [3.8, 4) is 0 Å². The molecule has 0 amide bonds. The van der Waals surface area contributed by atoms with Crippen molar-refractivity contribution in [1.82, 2.24) is 0 Å². The highest BCUT2D eigenvalue weighted by atomic mass is 32.2. The number of fused-ring (bicyclic) bond motifs is 2. The maximum Gasteiger partial charge on any atom is 0.311 e. The number of carbonyl (C=O) groups excluding carboxylic acids is 4. The standard InChI is InChI=1S/C83H132O23S/c1-51-24-19-21-32-63(88)44-68(93)46-69(33-22-20-25-52(2)35-39-75(104-9)77-80(102)72(96)48-73(97)82(77)107-10)105-76(99)50-83(103)49-74(98)57(7)81(106-83)58(8)79(101)55(5)27-23-26-54(4)78(100)56(6)71(95)47-70(94)53(3)36-38-65(90)45-67(92)43-62(87)31-18-14-17-30-61(86)42-66(91)41-60(85)29-16-13-11-12-15-28-59(84)40-64(89)37-34-51/h11-18,20,22-23,25-27,29,31,33,48,51-53,55-65,67-71,74-75,78-79,81,84-90,92-96,98,100-101,103H,19,21,24,28,30,32,34-47,49-50H2,1-10H3/b13-11-,15-12-,17-14-,25-20+,27-23-,29-16+,31-18+,33-22+,54-26+. The Balaban J connectivity index is 1.80. The molecule has 0 saturated carbocycles. The Kier molecular flexibility index (Phi) is 45.8. The summed E-state index contributed by atoms with van der Waals surface area (Å²) < 4.78 is 17.8. The van der Waals surface area contributed by atoms with Gasteiger partial charge in [-0.05, 0) is 126 Å². The number of rotatable bonds is 9. The Hall–Kier alpha value is -4.91. The molecule has 107 heavy (non-hydrogen) atoms. The number of ketones is 3. The number of cyclic esters (lactones) is 1. The fourth-order valence-electron chi connectivity index (χ4n) is 13.7. The van der Waals surface area contributed by atoms with Gasteiger partial charge < -0.3 is 95.9 Å². The lowest BCUT2D eigenvalue weighted by Crippen LogP contribution is -2.55. The summed E-state index contributed by atoms with van der Waals surface area (Å²) in [5.74, 6) is -8.18. The van der Waals surface area contributed by atoms with Crippen molar-refractivity contribution >= 4 is 35.1 Å². The molecular weight excluding hydrogens is 1400 g/mol. The van der Waals surface area contributed by atoms with Crippen LogP contribution in [0.1, 0.15) is 197 Å². The Morgan fingerprint density at radius 1 is 0.607 bits per heavy atom. The minimum absolute atomic E-state index is 0.0386. The molecule has 0 aromatic heterocycles. The minimum Gasteiger partial charge on any atom is -0.504 e. The SMILES string of the molecule is COC(CCC(C)/C=C/C=C/C1CC(O)CC(O)CCCCC(C)CCC(O)CC(O)C\C=C/C=C\C=C\C(O)CC(=O)CC(O)C/C=C\C=C\C(O)CC(O)CC(O)CCC(C)C(O)CC(O)C(C)C(O)/C(C)=C/C=C\C(C)C(O)C(C)C2OC(O)(CC(=O)O1)CC(O)C2C)C1=C(SC)C(=O)C=C(O)C1=O. The minimum atomic E-state index is -2.25. The van der Waals surface area contributed by atoms with Crippen molar-refractivity contribution in [3.63, 3.8) is 0 Å². The molecule has 1 saturated heterocycles. The summed E-state index contributed by atoms with van der Waals surface area (Å²) in [6.45, 7) is 14.2. The molecule has 2 aliphatic heterocycles. The van der Waals surface area contributed by atoms with Gasteiger partial charge in [0.05, 0.1) is 109 Å². The lowest BCUT2D eigenvalue weighted by atomic mass is 9.78. The Labute approximate surface area is 639 Å². The quantitative estimate of drug-likeness (QED) is 0.0586. The first-order chi connectivity index (χ1) is 50.5. The first-order valence-electron chi connectivity index (χ1n) is 38.5. The van der Waals surface area contributed by atoms with Crippen LogP contribution in [-0.4, -0.2) is 228 Å². The van der Waals surface area contributed by atoms with Crippen LogP contribution in [0, 0.1) is 41.4 Å². The number of Topliss-reactive ketones (excluding diaryl/α,β-unsaturated/α-hetero) is 2. The van der Waals surface area contributed by atoms with Gasteiger partial charge in [-0.25, -0.2) is 0 Å². The summed E-state index contributed by atoms with van der Waals surface area (Å²) in [5, 5.41) is 175. The number of methoxy groups -OCH3 is 1. The first kappa shape index (κ1) is 96.3. The van der Waals surface area contributed by atoms with E-state index in [2.05, 4.69) is 6.92 Å². The van der Waals surface area contributed by atoms with Crippen LogP contribution < -0.4 is 0 Å². The van der Waals surface area contributed by atoms with E-state index in [1.165, 1.54) is 25.3 Å². The second kappa shape index (κ2) is 50.9. The van der Waals surface area contributed by atoms with Crippen molar-refractivity contribution in [2.75, 3.05) is 13.4 Å². The smallest absolute Gasteiger partial charge is 0.311 e. The van der Waals surface area contributed by atoms with Gasteiger partial charge in [0.1, 0.15) is 11.9 Å². The van der Waals surface area contributed by atoms with E-state index < -0.39 is 163 Å². The largest absolute Gasteiger partial charge is 0.504 e. The molecule has 25 unspecified atom stereocenters. The molecule has 1 aliphatic carbocycles. The highest BCUT2D eigenvalue weighted by molar-refractivity contribution is 8.03. The average molecular weight is 1530 g/mol. The molecule has 0 spiro atoms. The van der Waals surface area contributed by atoms with Crippen LogP contribution in [0.5, 0.6) is 0 Å². The molecule has 0 radical (unpaired) electrons. The number of ether oxygens (including phenoxy) is 3. The highest BCUT2D eigenvalue weighted by Gasteiger charge is 2.49. The van der Waals surface area contributed by atoms with E-state index in [9.17, 15) is 101 Å². The summed E-state index contributed by atoms with van der Waals surface area (Å²) in [6, 6.07) is 0. The van der Waals surface area contributed by atoms with Crippen molar-refractivity contribution in [2.24, 2.45) is 41.4 Å². The summed E-state index contributed by atoms with van der Waals surface area (Å²) in [5.41, 5.74) is 0.579. The van der Waals surface area contributed by atoms with E-state index >= 15 is 0 Å². The van der Waals surface area contributed by atoms with Gasteiger partial charge in [-0.15, -0.1) is 11.8 Å². The molecule has 3 aliphatic rings. The van der Waals surface area contributed by atoms with E-state index in [4.69, 9.17) is 14.2 Å². The van der Waals surface area contributed by atoms with Crippen LogP contribution in [0.2, 0.25) is 0 Å². The van der Waals surface area contributed by atoms with E-state index in [1.54, 1.807) is 127 Å². The zero-order valence-corrected chi connectivity index (χ0v) is 65.5. The predicted octanol–water partition coefficient (Wildman–Crippen LogP) is 8.28. The Morgan fingerprint density at radius 2 is 1.21 bits per heavy atom. The van der Waals surface area contributed by atoms with Crippen molar-refractivity contribution < 1.29 is 115 Å². The third-order valence-electron chi connectivity index (χ3n) is 20.8. The first-order valence-corrected chi connectivity index (χ1v) is 39.7. The molecule has 16 N–H and O–H groups in total. The Bertz CT molecular complexity index is 2990. The van der Waals surface area contributed by atoms with Crippen LogP contribution in [-0.2, 0) is 33.4 Å². The molecule has 25 atom stereocenters. The second-order valence-corrected chi connectivity index (χ2v) is 31.4. The van der Waals surface area contributed by atoms with E-state index in [1.807, 2.05) is 13.0 Å². The molecule has 2 bridgehead atoms.